The number of hydrogen-bond acceptors (Lipinski definition) is 2. The number of carbonyl (C=O) groups is 2. The lowest BCUT2D eigenvalue weighted by molar-refractivity contribution is 0.175. The molecule has 150 valence electrons. The molecule has 4 amide bonds. The van der Waals surface area contributed by atoms with Gasteiger partial charge in [0.2, 0.25) is 0 Å². The Hall–Kier alpha value is -3.02. The molecule has 0 bridgehead atoms. The Bertz CT molecular complexity index is 940. The first-order valence-corrected chi connectivity index (χ1v) is 10.5. The number of nitrogens with zero attached hydrogens (tertiary/aromatic N) is 2. The Kier molecular flexibility index (Phi) is 4.62. The van der Waals surface area contributed by atoms with Crippen LogP contribution in [-0.2, 0) is 6.42 Å². The van der Waals surface area contributed by atoms with E-state index in [9.17, 15) is 9.59 Å². The maximum Gasteiger partial charge on any atom is 0.322 e. The van der Waals surface area contributed by atoms with Crippen molar-refractivity contribution in [3.63, 3.8) is 0 Å². The fraction of sp³-hybridized carbons (Fsp3) is 0.391. The first-order chi connectivity index (χ1) is 14.2. The van der Waals surface area contributed by atoms with Crippen LogP contribution < -0.4 is 15.5 Å². The van der Waals surface area contributed by atoms with E-state index >= 15 is 0 Å². The molecule has 0 radical (unpaired) electrons. The van der Waals surface area contributed by atoms with Gasteiger partial charge in [0, 0.05) is 30.5 Å². The molecule has 2 aliphatic carbocycles. The average Bonchev–Trinajstić information content (AvgIpc) is 3.47. The lowest BCUT2D eigenvalue weighted by Crippen LogP contribution is -2.41. The van der Waals surface area contributed by atoms with Crippen LogP contribution in [0.5, 0.6) is 0 Å². The lowest BCUT2D eigenvalue weighted by Gasteiger charge is -2.36. The molecule has 1 aliphatic heterocycles. The van der Waals surface area contributed by atoms with Gasteiger partial charge in [-0.2, -0.15) is 0 Å². The molecule has 2 aromatic carbocycles. The van der Waals surface area contributed by atoms with Crippen LogP contribution in [0.4, 0.5) is 21.0 Å². The normalized spacial score (nSPS) is 20.8. The first-order valence-electron chi connectivity index (χ1n) is 10.5. The molecule has 6 heteroatoms. The highest BCUT2D eigenvalue weighted by molar-refractivity contribution is 5.96. The number of rotatable bonds is 4. The molecule has 2 N–H and O–H groups in total. The van der Waals surface area contributed by atoms with Gasteiger partial charge in [0.25, 0.3) is 0 Å². The van der Waals surface area contributed by atoms with E-state index in [-0.39, 0.29) is 18.1 Å². The fourth-order valence-corrected chi connectivity index (χ4v) is 4.59. The Balaban J connectivity index is 1.38. The average molecular weight is 390 g/mol. The van der Waals surface area contributed by atoms with Crippen LogP contribution in [0.1, 0.15) is 42.9 Å². The number of aryl methyl sites for hydroxylation is 1. The van der Waals surface area contributed by atoms with E-state index in [2.05, 4.69) is 39.8 Å². The van der Waals surface area contributed by atoms with E-state index in [0.29, 0.717) is 19.1 Å². The van der Waals surface area contributed by atoms with E-state index in [1.165, 1.54) is 11.1 Å². The van der Waals surface area contributed by atoms with Gasteiger partial charge >= 0.3 is 12.1 Å². The van der Waals surface area contributed by atoms with Gasteiger partial charge in [-0.05, 0) is 61.4 Å². The van der Waals surface area contributed by atoms with E-state index in [1.54, 1.807) is 4.90 Å². The van der Waals surface area contributed by atoms with E-state index < -0.39 is 0 Å². The highest BCUT2D eigenvalue weighted by Gasteiger charge is 2.39. The first kappa shape index (κ1) is 18.0. The summed E-state index contributed by atoms with van der Waals surface area (Å²) in [6.07, 6.45) is 5.35. The summed E-state index contributed by atoms with van der Waals surface area (Å²) in [7, 11) is 0. The minimum Gasteiger partial charge on any atom is -0.336 e. The van der Waals surface area contributed by atoms with Crippen LogP contribution in [0.3, 0.4) is 0 Å². The summed E-state index contributed by atoms with van der Waals surface area (Å²) in [5, 5.41) is 5.91. The van der Waals surface area contributed by atoms with Crippen molar-refractivity contribution in [3.05, 3.63) is 59.7 Å². The largest absolute Gasteiger partial charge is 0.336 e. The van der Waals surface area contributed by atoms with E-state index in [0.717, 1.165) is 43.5 Å². The van der Waals surface area contributed by atoms with Gasteiger partial charge < -0.3 is 15.5 Å². The highest BCUT2D eigenvalue weighted by atomic mass is 16.2. The third-order valence-electron chi connectivity index (χ3n) is 6.11. The second-order valence-electron chi connectivity index (χ2n) is 8.11. The van der Waals surface area contributed by atoms with Crippen LogP contribution in [0, 0.1) is 0 Å². The highest BCUT2D eigenvalue weighted by Crippen LogP contribution is 2.41. The third kappa shape index (κ3) is 3.55. The molecule has 5 rings (SSSR count). The molecule has 6 nitrogen and oxygen atoms in total. The zero-order chi connectivity index (χ0) is 19.8. The van der Waals surface area contributed by atoms with Crippen LogP contribution in [0.15, 0.2) is 48.5 Å². The molecule has 1 saturated heterocycles. The predicted molar refractivity (Wildman–Crippen MR) is 113 cm³/mol. The molecule has 1 heterocycles. The van der Waals surface area contributed by atoms with Crippen molar-refractivity contribution in [2.45, 2.75) is 44.2 Å². The third-order valence-corrected chi connectivity index (χ3v) is 6.11. The second kappa shape index (κ2) is 7.43. The Morgan fingerprint density at radius 2 is 1.97 bits per heavy atom. The second-order valence-corrected chi connectivity index (χ2v) is 8.11. The summed E-state index contributed by atoms with van der Waals surface area (Å²) in [4.78, 5) is 29.0. The van der Waals surface area contributed by atoms with Gasteiger partial charge in [0.05, 0.1) is 6.04 Å². The zero-order valence-electron chi connectivity index (χ0n) is 16.4. The van der Waals surface area contributed by atoms with Crippen molar-refractivity contribution in [2.24, 2.45) is 0 Å². The maximum absolute atomic E-state index is 13.3. The van der Waals surface area contributed by atoms with Gasteiger partial charge in [0.15, 0.2) is 0 Å². The molecule has 29 heavy (non-hydrogen) atoms. The Morgan fingerprint density at radius 1 is 1.10 bits per heavy atom. The summed E-state index contributed by atoms with van der Waals surface area (Å²) in [5.41, 5.74) is 4.19. The zero-order valence-corrected chi connectivity index (χ0v) is 16.4. The van der Waals surface area contributed by atoms with Gasteiger partial charge in [0.1, 0.15) is 0 Å². The molecule has 1 atom stereocenters. The summed E-state index contributed by atoms with van der Waals surface area (Å²) >= 11 is 0. The number of carbonyl (C=O) groups excluding carboxylic acids is 2. The SMILES string of the molecule is O=C1NCCN1c1cccc(NC(=O)N(C2CC2)[C@H]2CCCc3ccccc32)c1. The van der Waals surface area contributed by atoms with E-state index in [1.807, 2.05) is 24.3 Å². The number of amides is 4. The van der Waals surface area contributed by atoms with Gasteiger partial charge in [-0.25, -0.2) is 9.59 Å². The number of anilines is 2. The quantitative estimate of drug-likeness (QED) is 0.818. The maximum atomic E-state index is 13.3. The topological polar surface area (TPSA) is 64.7 Å². The Labute approximate surface area is 170 Å². The molecule has 0 aromatic heterocycles. The fourth-order valence-electron chi connectivity index (χ4n) is 4.59. The molecular formula is C23H26N4O2. The molecule has 2 fully saturated rings. The van der Waals surface area contributed by atoms with Crippen molar-refractivity contribution in [1.82, 2.24) is 10.2 Å². The molecule has 0 spiro atoms. The molecular weight excluding hydrogens is 364 g/mol. The smallest absolute Gasteiger partial charge is 0.322 e. The molecule has 0 unspecified atom stereocenters. The minimum absolute atomic E-state index is 0.0442. The number of benzene rings is 2. The van der Waals surface area contributed by atoms with Crippen molar-refractivity contribution in [3.8, 4) is 0 Å². The predicted octanol–water partition coefficient (Wildman–Crippen LogP) is 4.29. The van der Waals surface area contributed by atoms with Gasteiger partial charge in [-0.3, -0.25) is 4.90 Å². The monoisotopic (exact) mass is 390 g/mol. The van der Waals surface area contributed by atoms with E-state index in [4.69, 9.17) is 0 Å². The van der Waals surface area contributed by atoms with Crippen LogP contribution in [0.2, 0.25) is 0 Å². The van der Waals surface area contributed by atoms with Crippen molar-refractivity contribution in [2.75, 3.05) is 23.3 Å². The number of nitrogens with one attached hydrogen (secondary N) is 2. The molecule has 1 saturated carbocycles. The van der Waals surface area contributed by atoms with Crippen molar-refractivity contribution >= 4 is 23.4 Å². The number of hydrogen-bond donors (Lipinski definition) is 2. The summed E-state index contributed by atoms with van der Waals surface area (Å²) < 4.78 is 0. The summed E-state index contributed by atoms with van der Waals surface area (Å²) in [6, 6.07) is 16.4. The summed E-state index contributed by atoms with van der Waals surface area (Å²) in [6.45, 7) is 1.29. The number of fused-ring (bicyclic) bond motifs is 1. The van der Waals surface area contributed by atoms with Crippen molar-refractivity contribution in [1.29, 1.82) is 0 Å². The van der Waals surface area contributed by atoms with Gasteiger partial charge in [-0.15, -0.1) is 0 Å². The van der Waals surface area contributed by atoms with Crippen LogP contribution in [-0.4, -0.2) is 36.1 Å². The summed E-state index contributed by atoms with van der Waals surface area (Å²) in [5.74, 6) is 0. The van der Waals surface area contributed by atoms with Gasteiger partial charge in [-0.1, -0.05) is 30.3 Å². The van der Waals surface area contributed by atoms with Crippen LogP contribution >= 0.6 is 0 Å². The lowest BCUT2D eigenvalue weighted by atomic mass is 9.87. The Morgan fingerprint density at radius 3 is 2.76 bits per heavy atom. The number of urea groups is 2. The standard InChI is InChI=1S/C23H26N4O2/c28-22-24-13-14-26(22)19-8-4-7-17(15-19)25-23(29)27(18-11-12-18)21-10-3-6-16-5-1-2-9-20(16)21/h1-2,4-5,7-9,15,18,21H,3,6,10-14H2,(H,24,28)(H,25,29)/t21-/m0/s1. The minimum atomic E-state index is -0.0908. The molecule has 3 aliphatic rings. The van der Waals surface area contributed by atoms with Crippen LogP contribution in [0.25, 0.3) is 0 Å². The molecule has 2 aromatic rings. The van der Waals surface area contributed by atoms with Crippen molar-refractivity contribution < 1.29 is 9.59 Å².